The summed E-state index contributed by atoms with van der Waals surface area (Å²) in [6.07, 6.45) is 0. The van der Waals surface area contributed by atoms with Gasteiger partial charge in [0.2, 0.25) is 0 Å². The number of nitro groups is 1. The van der Waals surface area contributed by atoms with Crippen LogP contribution in [0, 0.1) is 16.0 Å². The van der Waals surface area contributed by atoms with Gasteiger partial charge in [0.25, 0.3) is 11.6 Å². The summed E-state index contributed by atoms with van der Waals surface area (Å²) in [6, 6.07) is 4.08. The second-order valence-corrected chi connectivity index (χ2v) is 8.69. The molecule has 2 N–H and O–H groups in total. The highest BCUT2D eigenvalue weighted by molar-refractivity contribution is 7.22. The van der Waals surface area contributed by atoms with Crippen LogP contribution >= 0.6 is 11.3 Å². The number of carbonyl (C=O) groups is 4. The van der Waals surface area contributed by atoms with Crippen LogP contribution < -0.4 is 10.6 Å². The number of esters is 3. The molecule has 3 rings (SSSR count). The minimum Gasteiger partial charge on any atom is -0.463 e. The Morgan fingerprint density at radius 2 is 1.65 bits per heavy atom. The van der Waals surface area contributed by atoms with Crippen LogP contribution in [0.1, 0.15) is 27.7 Å². The molecule has 2 aromatic rings. The van der Waals surface area contributed by atoms with Crippen molar-refractivity contribution < 1.29 is 38.3 Å². The van der Waals surface area contributed by atoms with Crippen LogP contribution in [-0.4, -0.2) is 53.5 Å². The highest BCUT2D eigenvalue weighted by atomic mass is 32.1. The maximum atomic E-state index is 13.1. The summed E-state index contributed by atoms with van der Waals surface area (Å²) in [5, 5.41) is 16.5. The van der Waals surface area contributed by atoms with E-state index in [1.807, 2.05) is 0 Å². The normalized spacial score (nSPS) is 13.7. The van der Waals surface area contributed by atoms with Crippen LogP contribution in [0.5, 0.6) is 0 Å². The average molecular weight is 533 g/mol. The number of nitrogens with zero attached hydrogens (tertiary/aromatic N) is 2. The van der Waals surface area contributed by atoms with Gasteiger partial charge in [0.15, 0.2) is 11.7 Å². The van der Waals surface area contributed by atoms with Crippen LogP contribution in [0.4, 0.5) is 10.8 Å². The fourth-order valence-electron chi connectivity index (χ4n) is 3.64. The van der Waals surface area contributed by atoms with Crippen molar-refractivity contribution in [2.45, 2.75) is 27.7 Å². The van der Waals surface area contributed by atoms with E-state index in [1.165, 1.54) is 18.2 Å². The molecule has 2 heterocycles. The van der Waals surface area contributed by atoms with E-state index < -0.39 is 41.3 Å². The molecular weight excluding hydrogens is 508 g/mol. The number of aromatic nitrogens is 1. The van der Waals surface area contributed by atoms with E-state index in [2.05, 4.69) is 15.6 Å². The summed E-state index contributed by atoms with van der Waals surface area (Å²) >= 11 is 1.01. The number of dihydropyridines is 1. The van der Waals surface area contributed by atoms with Gasteiger partial charge in [-0.1, -0.05) is 11.3 Å². The summed E-state index contributed by atoms with van der Waals surface area (Å²) in [4.78, 5) is 65.5. The van der Waals surface area contributed by atoms with Gasteiger partial charge in [-0.2, -0.15) is 0 Å². The molecule has 1 aliphatic rings. The minimum atomic E-state index is -1.48. The van der Waals surface area contributed by atoms with Crippen molar-refractivity contribution >= 4 is 56.2 Å². The van der Waals surface area contributed by atoms with Crippen molar-refractivity contribution in [3.05, 3.63) is 50.9 Å². The number of nitrogens with one attached hydrogen (secondary N) is 2. The van der Waals surface area contributed by atoms with Gasteiger partial charge in [-0.3, -0.25) is 25.0 Å². The SMILES string of the molecule is CCOC(=O)C1=C(C)NC(C)=C(C(=O)OCC)C1C(=O)OCC(=O)Nc1nc2ccc([N+](=O)[O-])cc2s1. The number of non-ortho nitro benzene ring substituents is 1. The second-order valence-electron chi connectivity index (χ2n) is 7.66. The molecule has 0 unspecified atom stereocenters. The molecule has 0 fully saturated rings. The summed E-state index contributed by atoms with van der Waals surface area (Å²) in [5.41, 5.74) is 0.642. The van der Waals surface area contributed by atoms with E-state index in [0.29, 0.717) is 21.6 Å². The third-order valence-electron chi connectivity index (χ3n) is 5.16. The van der Waals surface area contributed by atoms with Crippen LogP contribution in [0.25, 0.3) is 10.2 Å². The number of hydrogen-bond acceptors (Lipinski definition) is 12. The number of hydrogen-bond donors (Lipinski definition) is 2. The first-order valence-corrected chi connectivity index (χ1v) is 11.9. The second kappa shape index (κ2) is 11.6. The summed E-state index contributed by atoms with van der Waals surface area (Å²) in [6.45, 7) is 5.59. The lowest BCUT2D eigenvalue weighted by molar-refractivity contribution is -0.384. The van der Waals surface area contributed by atoms with E-state index in [0.717, 1.165) is 11.3 Å². The van der Waals surface area contributed by atoms with Crippen LogP contribution in [0.2, 0.25) is 0 Å². The predicted molar refractivity (Wildman–Crippen MR) is 131 cm³/mol. The van der Waals surface area contributed by atoms with Gasteiger partial charge in [0, 0.05) is 23.5 Å². The largest absolute Gasteiger partial charge is 0.463 e. The van der Waals surface area contributed by atoms with Gasteiger partial charge >= 0.3 is 17.9 Å². The Morgan fingerprint density at radius 1 is 1.05 bits per heavy atom. The Kier molecular flexibility index (Phi) is 8.55. The number of anilines is 1. The summed E-state index contributed by atoms with van der Waals surface area (Å²) < 4.78 is 15.8. The molecule has 0 radical (unpaired) electrons. The summed E-state index contributed by atoms with van der Waals surface area (Å²) in [5.74, 6) is -4.89. The van der Waals surface area contributed by atoms with Crippen molar-refractivity contribution in [3.8, 4) is 0 Å². The molecule has 0 aliphatic carbocycles. The van der Waals surface area contributed by atoms with Crippen LogP contribution in [0.3, 0.4) is 0 Å². The predicted octanol–water partition coefficient (Wildman–Crippen LogP) is 2.58. The molecule has 14 heteroatoms. The number of rotatable bonds is 9. The number of carbonyl (C=O) groups excluding carboxylic acids is 4. The lowest BCUT2D eigenvalue weighted by Gasteiger charge is -2.28. The Bertz CT molecular complexity index is 1300. The van der Waals surface area contributed by atoms with E-state index in [1.54, 1.807) is 27.7 Å². The zero-order chi connectivity index (χ0) is 27.3. The van der Waals surface area contributed by atoms with E-state index in [9.17, 15) is 29.3 Å². The first-order chi connectivity index (χ1) is 17.6. The number of fused-ring (bicyclic) bond motifs is 1. The quantitative estimate of drug-likeness (QED) is 0.210. The molecule has 0 spiro atoms. The van der Waals surface area contributed by atoms with Crippen molar-refractivity contribution in [2.24, 2.45) is 5.92 Å². The third-order valence-corrected chi connectivity index (χ3v) is 6.10. The molecule has 1 aromatic carbocycles. The van der Waals surface area contributed by atoms with Crippen molar-refractivity contribution in [1.82, 2.24) is 10.3 Å². The number of allylic oxidation sites excluding steroid dienone is 2. The standard InChI is InChI=1S/C23H24N4O9S/c1-5-34-20(29)17-11(3)24-12(4)18(21(30)35-6-2)19(17)22(31)36-10-16(28)26-23-25-14-8-7-13(27(32)33)9-15(14)37-23/h7-9,19,24H,5-6,10H2,1-4H3,(H,25,26,28). The zero-order valence-corrected chi connectivity index (χ0v) is 21.2. The molecule has 1 aliphatic heterocycles. The Hall–Kier alpha value is -4.33. The number of ether oxygens (including phenoxy) is 3. The third kappa shape index (κ3) is 6.09. The Morgan fingerprint density at radius 3 is 2.19 bits per heavy atom. The zero-order valence-electron chi connectivity index (χ0n) is 20.4. The maximum Gasteiger partial charge on any atom is 0.337 e. The molecular formula is C23H24N4O9S. The fraction of sp³-hybridized carbons (Fsp3) is 0.348. The van der Waals surface area contributed by atoms with Gasteiger partial charge in [0.1, 0.15) is 5.92 Å². The molecule has 1 aromatic heterocycles. The van der Waals surface area contributed by atoms with Crippen molar-refractivity contribution in [3.63, 3.8) is 0 Å². The number of nitro benzene ring substituents is 1. The van der Waals surface area contributed by atoms with Crippen molar-refractivity contribution in [1.29, 1.82) is 0 Å². The Balaban J connectivity index is 1.78. The number of benzene rings is 1. The van der Waals surface area contributed by atoms with E-state index >= 15 is 0 Å². The highest BCUT2D eigenvalue weighted by Gasteiger charge is 2.42. The average Bonchev–Trinajstić information content (AvgIpc) is 3.23. The summed E-state index contributed by atoms with van der Waals surface area (Å²) in [7, 11) is 0. The molecule has 37 heavy (non-hydrogen) atoms. The minimum absolute atomic E-state index is 0.0303. The maximum absolute atomic E-state index is 13.1. The lowest BCUT2D eigenvalue weighted by Crippen LogP contribution is -2.39. The monoisotopic (exact) mass is 532 g/mol. The lowest BCUT2D eigenvalue weighted by atomic mass is 9.85. The van der Waals surface area contributed by atoms with Crippen LogP contribution in [-0.2, 0) is 33.4 Å². The Labute approximate surface area is 214 Å². The van der Waals surface area contributed by atoms with Gasteiger partial charge in [-0.25, -0.2) is 14.6 Å². The molecule has 0 saturated carbocycles. The fourth-order valence-corrected chi connectivity index (χ4v) is 4.56. The number of amides is 1. The van der Waals surface area contributed by atoms with Gasteiger partial charge in [-0.15, -0.1) is 0 Å². The highest BCUT2D eigenvalue weighted by Crippen LogP contribution is 2.33. The van der Waals surface area contributed by atoms with Crippen LogP contribution in [0.15, 0.2) is 40.7 Å². The van der Waals surface area contributed by atoms with E-state index in [-0.39, 0.29) is 35.2 Å². The van der Waals surface area contributed by atoms with Gasteiger partial charge < -0.3 is 19.5 Å². The first-order valence-electron chi connectivity index (χ1n) is 11.1. The molecule has 196 valence electrons. The smallest absolute Gasteiger partial charge is 0.337 e. The van der Waals surface area contributed by atoms with E-state index in [4.69, 9.17) is 14.2 Å². The molecule has 1 amide bonds. The van der Waals surface area contributed by atoms with Crippen molar-refractivity contribution in [2.75, 3.05) is 25.1 Å². The van der Waals surface area contributed by atoms with Gasteiger partial charge in [0.05, 0.1) is 39.5 Å². The number of thiazole rings is 1. The molecule has 0 bridgehead atoms. The topological polar surface area (TPSA) is 176 Å². The first kappa shape index (κ1) is 27.3. The molecule has 13 nitrogen and oxygen atoms in total. The van der Waals surface area contributed by atoms with Gasteiger partial charge in [-0.05, 0) is 33.8 Å². The molecule has 0 atom stereocenters. The molecule has 0 saturated heterocycles.